The lowest BCUT2D eigenvalue weighted by molar-refractivity contribution is -0.139. The average molecular weight is 347 g/mol. The van der Waals surface area contributed by atoms with Gasteiger partial charge >= 0.3 is 0 Å². The van der Waals surface area contributed by atoms with Crippen LogP contribution in [-0.2, 0) is 20.9 Å². The van der Waals surface area contributed by atoms with Gasteiger partial charge in [-0.3, -0.25) is 14.4 Å². The molecule has 0 bridgehead atoms. The van der Waals surface area contributed by atoms with E-state index in [0.29, 0.717) is 25.3 Å². The summed E-state index contributed by atoms with van der Waals surface area (Å²) in [7, 11) is 4.92. The van der Waals surface area contributed by atoms with Gasteiger partial charge in [0.25, 0.3) is 5.91 Å². The number of carbonyl (C=O) groups is 3. The van der Waals surface area contributed by atoms with Gasteiger partial charge in [-0.2, -0.15) is 0 Å². The van der Waals surface area contributed by atoms with Gasteiger partial charge in [0, 0.05) is 46.8 Å². The summed E-state index contributed by atoms with van der Waals surface area (Å²) >= 11 is 0. The summed E-state index contributed by atoms with van der Waals surface area (Å²) in [6, 6.07) is 6.49. The Bertz CT molecular complexity index is 642. The first-order chi connectivity index (χ1) is 11.8. The van der Waals surface area contributed by atoms with Crippen LogP contribution in [0.15, 0.2) is 24.3 Å². The zero-order valence-corrected chi connectivity index (χ0v) is 15.2. The highest BCUT2D eigenvalue weighted by atomic mass is 16.5. The van der Waals surface area contributed by atoms with E-state index in [0.717, 1.165) is 5.56 Å². The Kier molecular flexibility index (Phi) is 6.14. The van der Waals surface area contributed by atoms with Crippen LogP contribution >= 0.6 is 0 Å². The first kappa shape index (κ1) is 18.9. The topological polar surface area (TPSA) is 70.2 Å². The van der Waals surface area contributed by atoms with Gasteiger partial charge < -0.3 is 19.4 Å². The average Bonchev–Trinajstić information content (AvgIpc) is 2.60. The maximum absolute atomic E-state index is 12.9. The molecule has 1 heterocycles. The fraction of sp³-hybridized carbons (Fsp3) is 0.500. The molecule has 0 radical (unpaired) electrons. The minimum Gasteiger partial charge on any atom is -0.380 e. The molecule has 1 atom stereocenters. The molecule has 0 aliphatic carbocycles. The third kappa shape index (κ3) is 4.36. The third-order valence-corrected chi connectivity index (χ3v) is 4.32. The molecule has 136 valence electrons. The monoisotopic (exact) mass is 347 g/mol. The van der Waals surface area contributed by atoms with Crippen LogP contribution in [-0.4, -0.2) is 79.3 Å². The maximum atomic E-state index is 12.9. The second-order valence-corrected chi connectivity index (χ2v) is 6.34. The fourth-order valence-corrected chi connectivity index (χ4v) is 2.90. The molecular weight excluding hydrogens is 322 g/mol. The number of hydrogen-bond acceptors (Lipinski definition) is 4. The lowest BCUT2D eigenvalue weighted by atomic mass is 10.1. The molecule has 1 aliphatic rings. The number of methoxy groups -OCH3 is 1. The number of hydrogen-bond donors (Lipinski definition) is 0. The highest BCUT2D eigenvalue weighted by molar-refractivity contribution is 5.98. The molecule has 1 fully saturated rings. The summed E-state index contributed by atoms with van der Waals surface area (Å²) in [6.07, 6.45) is 0. The van der Waals surface area contributed by atoms with Crippen LogP contribution in [0.1, 0.15) is 22.8 Å². The second-order valence-electron chi connectivity index (χ2n) is 6.34. The van der Waals surface area contributed by atoms with E-state index in [1.165, 1.54) is 11.8 Å². The smallest absolute Gasteiger partial charge is 0.254 e. The van der Waals surface area contributed by atoms with Crippen molar-refractivity contribution in [1.29, 1.82) is 0 Å². The van der Waals surface area contributed by atoms with Crippen LogP contribution < -0.4 is 0 Å². The highest BCUT2D eigenvalue weighted by Crippen LogP contribution is 2.17. The highest BCUT2D eigenvalue weighted by Gasteiger charge is 2.37. The van der Waals surface area contributed by atoms with Crippen LogP contribution in [0.3, 0.4) is 0 Å². The minimum absolute atomic E-state index is 0.0902. The molecule has 25 heavy (non-hydrogen) atoms. The molecule has 1 aromatic rings. The quantitative estimate of drug-likeness (QED) is 0.799. The zero-order valence-electron chi connectivity index (χ0n) is 15.2. The summed E-state index contributed by atoms with van der Waals surface area (Å²) in [4.78, 5) is 41.7. The number of carbonyl (C=O) groups excluding carboxylic acids is 3. The molecule has 2 rings (SSSR count). The van der Waals surface area contributed by atoms with Crippen LogP contribution in [0.5, 0.6) is 0 Å². The number of benzene rings is 1. The predicted molar refractivity (Wildman–Crippen MR) is 92.9 cm³/mol. The van der Waals surface area contributed by atoms with Crippen LogP contribution in [0.25, 0.3) is 0 Å². The van der Waals surface area contributed by atoms with E-state index in [-0.39, 0.29) is 24.3 Å². The Balaban J connectivity index is 2.22. The summed E-state index contributed by atoms with van der Waals surface area (Å²) in [6.45, 7) is 2.94. The van der Waals surface area contributed by atoms with Crippen molar-refractivity contribution in [2.24, 2.45) is 0 Å². The second kappa shape index (κ2) is 8.11. The number of amides is 3. The minimum atomic E-state index is -0.668. The van der Waals surface area contributed by atoms with E-state index < -0.39 is 6.04 Å². The molecule has 1 unspecified atom stereocenters. The number of rotatable bonds is 4. The SMILES string of the molecule is COCc1ccc(C(=O)N2CCN(C(C)=O)CC2C(=O)N(C)C)cc1. The number of nitrogens with zero attached hydrogens (tertiary/aromatic N) is 3. The maximum Gasteiger partial charge on any atom is 0.254 e. The van der Waals surface area contributed by atoms with Crippen molar-refractivity contribution in [3.05, 3.63) is 35.4 Å². The summed E-state index contributed by atoms with van der Waals surface area (Å²) in [5, 5.41) is 0. The van der Waals surface area contributed by atoms with Crippen molar-refractivity contribution in [2.45, 2.75) is 19.6 Å². The van der Waals surface area contributed by atoms with E-state index in [9.17, 15) is 14.4 Å². The Hall–Kier alpha value is -2.41. The van der Waals surface area contributed by atoms with Crippen molar-refractivity contribution in [1.82, 2.24) is 14.7 Å². The molecule has 7 nitrogen and oxygen atoms in total. The molecule has 0 aromatic heterocycles. The standard InChI is InChI=1S/C18H25N3O4/c1-13(22)20-9-10-21(16(11-20)18(24)19(2)3)17(23)15-7-5-14(6-8-15)12-25-4/h5-8,16H,9-12H2,1-4H3. The van der Waals surface area contributed by atoms with Gasteiger partial charge in [0.1, 0.15) is 6.04 Å². The predicted octanol–water partition coefficient (Wildman–Crippen LogP) is 0.594. The van der Waals surface area contributed by atoms with Gasteiger partial charge in [0.05, 0.1) is 13.2 Å². The molecule has 0 N–H and O–H groups in total. The van der Waals surface area contributed by atoms with E-state index in [1.54, 1.807) is 43.1 Å². The van der Waals surface area contributed by atoms with Gasteiger partial charge in [-0.25, -0.2) is 0 Å². The Morgan fingerprint density at radius 2 is 1.80 bits per heavy atom. The first-order valence-electron chi connectivity index (χ1n) is 8.20. The molecule has 0 saturated carbocycles. The van der Waals surface area contributed by atoms with Crippen LogP contribution in [0.2, 0.25) is 0 Å². The molecule has 0 spiro atoms. The van der Waals surface area contributed by atoms with E-state index >= 15 is 0 Å². The lowest BCUT2D eigenvalue weighted by Crippen LogP contribution is -2.61. The van der Waals surface area contributed by atoms with Crippen LogP contribution in [0, 0.1) is 0 Å². The van der Waals surface area contributed by atoms with E-state index in [2.05, 4.69) is 0 Å². The van der Waals surface area contributed by atoms with Gasteiger partial charge in [-0.1, -0.05) is 12.1 Å². The summed E-state index contributed by atoms with van der Waals surface area (Å²) < 4.78 is 5.07. The summed E-state index contributed by atoms with van der Waals surface area (Å²) in [5.41, 5.74) is 1.49. The van der Waals surface area contributed by atoms with Crippen molar-refractivity contribution in [3.63, 3.8) is 0 Å². The summed E-state index contributed by atoms with van der Waals surface area (Å²) in [5.74, 6) is -0.477. The molecule has 1 aliphatic heterocycles. The third-order valence-electron chi connectivity index (χ3n) is 4.32. The van der Waals surface area contributed by atoms with Gasteiger partial charge in [-0.05, 0) is 17.7 Å². The first-order valence-corrected chi connectivity index (χ1v) is 8.20. The zero-order chi connectivity index (χ0) is 18.6. The van der Waals surface area contributed by atoms with Crippen LogP contribution in [0.4, 0.5) is 0 Å². The van der Waals surface area contributed by atoms with Gasteiger partial charge in [-0.15, -0.1) is 0 Å². The Morgan fingerprint density at radius 1 is 1.16 bits per heavy atom. The molecule has 1 saturated heterocycles. The molecule has 3 amide bonds. The largest absolute Gasteiger partial charge is 0.380 e. The van der Waals surface area contributed by atoms with E-state index in [4.69, 9.17) is 4.74 Å². The number of likely N-dealkylation sites (N-methyl/N-ethyl adjacent to an activating group) is 1. The Labute approximate surface area is 148 Å². The Morgan fingerprint density at radius 3 is 2.32 bits per heavy atom. The number of ether oxygens (including phenoxy) is 1. The fourth-order valence-electron chi connectivity index (χ4n) is 2.90. The van der Waals surface area contributed by atoms with Crippen molar-refractivity contribution in [2.75, 3.05) is 40.8 Å². The normalized spacial score (nSPS) is 17.4. The lowest BCUT2D eigenvalue weighted by Gasteiger charge is -2.41. The molecule has 7 heteroatoms. The van der Waals surface area contributed by atoms with Gasteiger partial charge in [0.2, 0.25) is 11.8 Å². The molecular formula is C18H25N3O4. The van der Waals surface area contributed by atoms with E-state index in [1.807, 2.05) is 12.1 Å². The molecule has 1 aromatic carbocycles. The number of piperazine rings is 1. The van der Waals surface area contributed by atoms with Gasteiger partial charge in [0.15, 0.2) is 0 Å². The van der Waals surface area contributed by atoms with Crippen molar-refractivity contribution < 1.29 is 19.1 Å². The van der Waals surface area contributed by atoms with Crippen molar-refractivity contribution >= 4 is 17.7 Å². The van der Waals surface area contributed by atoms with Crippen molar-refractivity contribution in [3.8, 4) is 0 Å².